The molecule has 102 valence electrons. The van der Waals surface area contributed by atoms with E-state index >= 15 is 0 Å². The summed E-state index contributed by atoms with van der Waals surface area (Å²) in [4.78, 5) is 11.7. The Morgan fingerprint density at radius 2 is 2.16 bits per heavy atom. The van der Waals surface area contributed by atoms with Crippen LogP contribution in [0.4, 0.5) is 0 Å². The van der Waals surface area contributed by atoms with E-state index in [1.54, 1.807) is 7.11 Å². The van der Waals surface area contributed by atoms with Crippen LogP contribution >= 0.6 is 0 Å². The molecule has 0 spiro atoms. The Morgan fingerprint density at radius 3 is 2.68 bits per heavy atom. The molecule has 0 saturated carbocycles. The van der Waals surface area contributed by atoms with Crippen LogP contribution in [0.5, 0.6) is 5.75 Å². The maximum atomic E-state index is 11.7. The highest BCUT2D eigenvalue weighted by molar-refractivity contribution is 5.95. The first-order chi connectivity index (χ1) is 8.93. The number of rotatable bonds is 4. The van der Waals surface area contributed by atoms with Crippen molar-refractivity contribution in [2.45, 2.75) is 33.6 Å². The minimum Gasteiger partial charge on any atom is -0.497 e. The van der Waals surface area contributed by atoms with Crippen LogP contribution in [0.15, 0.2) is 23.8 Å². The molecule has 1 aliphatic carbocycles. The quantitative estimate of drug-likeness (QED) is 0.900. The lowest BCUT2D eigenvalue weighted by atomic mass is 9.76. The van der Waals surface area contributed by atoms with E-state index in [4.69, 9.17) is 4.74 Å². The van der Waals surface area contributed by atoms with E-state index in [1.807, 2.05) is 39.0 Å². The Bertz CT molecular complexity index is 557. The number of hydrogen-bond donors (Lipinski definition) is 1. The molecule has 3 nitrogen and oxygen atoms in total. The number of hydrogen-bond acceptors (Lipinski definition) is 2. The minimum absolute atomic E-state index is 0.575. The third kappa shape index (κ3) is 2.03. The Kier molecular flexibility index (Phi) is 3.40. The van der Waals surface area contributed by atoms with E-state index in [9.17, 15) is 9.90 Å². The van der Waals surface area contributed by atoms with Crippen LogP contribution in [-0.4, -0.2) is 18.2 Å². The lowest BCUT2D eigenvalue weighted by Gasteiger charge is -2.27. The molecule has 19 heavy (non-hydrogen) atoms. The van der Waals surface area contributed by atoms with Gasteiger partial charge in [0, 0.05) is 0 Å². The topological polar surface area (TPSA) is 46.5 Å². The number of aliphatic carboxylic acids is 1. The van der Waals surface area contributed by atoms with Crippen LogP contribution < -0.4 is 4.74 Å². The van der Waals surface area contributed by atoms with Crippen LogP contribution in [0.1, 0.15) is 38.3 Å². The molecule has 1 N–H and O–H groups in total. The normalized spacial score (nSPS) is 17.1. The molecule has 1 aromatic rings. The van der Waals surface area contributed by atoms with Crippen LogP contribution in [0.2, 0.25) is 0 Å². The number of methoxy groups -OCH3 is 1. The predicted octanol–water partition coefficient (Wildman–Crippen LogP) is 3.53. The van der Waals surface area contributed by atoms with Crippen molar-refractivity contribution in [3.05, 3.63) is 34.9 Å². The van der Waals surface area contributed by atoms with E-state index in [0.717, 1.165) is 28.9 Å². The lowest BCUT2D eigenvalue weighted by molar-refractivity contribution is -0.144. The van der Waals surface area contributed by atoms with Crippen molar-refractivity contribution in [3.8, 4) is 5.75 Å². The van der Waals surface area contributed by atoms with Gasteiger partial charge in [-0.1, -0.05) is 18.6 Å². The lowest BCUT2D eigenvalue weighted by Crippen LogP contribution is -2.28. The second-order valence-corrected chi connectivity index (χ2v) is 5.35. The van der Waals surface area contributed by atoms with Crippen molar-refractivity contribution in [3.63, 3.8) is 0 Å². The van der Waals surface area contributed by atoms with Gasteiger partial charge in [0.2, 0.25) is 0 Å². The zero-order valence-electron chi connectivity index (χ0n) is 11.9. The summed E-state index contributed by atoms with van der Waals surface area (Å²) in [7, 11) is 1.63. The molecule has 0 amide bonds. The van der Waals surface area contributed by atoms with Gasteiger partial charge in [0.15, 0.2) is 0 Å². The van der Waals surface area contributed by atoms with E-state index in [0.29, 0.717) is 6.42 Å². The molecule has 0 aromatic heterocycles. The minimum atomic E-state index is -0.832. The summed E-state index contributed by atoms with van der Waals surface area (Å²) in [6, 6.07) is 5.92. The number of carbonyl (C=O) groups is 1. The summed E-state index contributed by atoms with van der Waals surface area (Å²) < 4.78 is 5.26. The van der Waals surface area contributed by atoms with E-state index in [1.165, 1.54) is 5.56 Å². The largest absolute Gasteiger partial charge is 0.497 e. The molecule has 2 rings (SSSR count). The molecule has 3 heteroatoms. The first-order valence-electron chi connectivity index (χ1n) is 6.55. The summed E-state index contributed by atoms with van der Waals surface area (Å²) >= 11 is 0. The number of allylic oxidation sites excluding steroid dienone is 1. The van der Waals surface area contributed by atoms with Crippen molar-refractivity contribution >= 4 is 11.5 Å². The zero-order valence-corrected chi connectivity index (χ0v) is 11.9. The van der Waals surface area contributed by atoms with Crippen molar-refractivity contribution in [2.75, 3.05) is 7.11 Å². The van der Waals surface area contributed by atoms with E-state index in [-0.39, 0.29) is 0 Å². The molecule has 1 atom stereocenters. The average Bonchev–Trinajstić information content (AvgIpc) is 2.72. The maximum Gasteiger partial charge on any atom is 0.313 e. The number of carboxylic acids is 1. The van der Waals surface area contributed by atoms with Crippen molar-refractivity contribution in [1.29, 1.82) is 0 Å². The Labute approximate surface area is 113 Å². The smallest absolute Gasteiger partial charge is 0.313 e. The number of carboxylic acid groups (broad SMARTS) is 1. The molecule has 0 radical (unpaired) electrons. The van der Waals surface area contributed by atoms with Crippen LogP contribution in [-0.2, 0) is 11.2 Å². The Morgan fingerprint density at radius 1 is 1.47 bits per heavy atom. The first-order valence-corrected chi connectivity index (χ1v) is 6.55. The highest BCUT2D eigenvalue weighted by Gasteiger charge is 2.40. The maximum absolute atomic E-state index is 11.7. The summed E-state index contributed by atoms with van der Waals surface area (Å²) in [6.07, 6.45) is 1.41. The van der Waals surface area contributed by atoms with Gasteiger partial charge in [-0.3, -0.25) is 4.79 Å². The van der Waals surface area contributed by atoms with Crippen LogP contribution in [0.25, 0.3) is 5.57 Å². The molecule has 1 aromatic carbocycles. The van der Waals surface area contributed by atoms with Gasteiger partial charge in [-0.15, -0.1) is 0 Å². The van der Waals surface area contributed by atoms with Gasteiger partial charge in [-0.2, -0.15) is 0 Å². The summed E-state index contributed by atoms with van der Waals surface area (Å²) in [5.41, 5.74) is 3.49. The third-order valence-electron chi connectivity index (χ3n) is 4.20. The SMILES string of the molecule is CCC(C)(C(=O)O)C1=C(C)Cc2ccc(OC)cc21. The van der Waals surface area contributed by atoms with Crippen LogP contribution in [0, 0.1) is 5.41 Å². The summed E-state index contributed by atoms with van der Waals surface area (Å²) in [5, 5.41) is 9.60. The molecule has 0 saturated heterocycles. The molecule has 0 aliphatic heterocycles. The fourth-order valence-corrected chi connectivity index (χ4v) is 2.88. The first kappa shape index (κ1) is 13.7. The standard InChI is InChI=1S/C16H20O3/c1-5-16(3,15(17)18)14-10(2)8-11-6-7-12(19-4)9-13(11)14/h6-7,9H,5,8H2,1-4H3,(H,17,18). The fraction of sp³-hybridized carbons (Fsp3) is 0.438. The Balaban J connectivity index is 2.60. The van der Waals surface area contributed by atoms with Gasteiger partial charge in [-0.05, 0) is 55.5 Å². The third-order valence-corrected chi connectivity index (χ3v) is 4.20. The number of ether oxygens (including phenoxy) is 1. The summed E-state index contributed by atoms with van der Waals surface area (Å²) in [5.74, 6) is 0.00908. The highest BCUT2D eigenvalue weighted by Crippen LogP contribution is 2.47. The molecular formula is C16H20O3. The fourth-order valence-electron chi connectivity index (χ4n) is 2.88. The van der Waals surface area contributed by atoms with Crippen molar-refractivity contribution in [2.24, 2.45) is 5.41 Å². The van der Waals surface area contributed by atoms with Gasteiger partial charge in [0.1, 0.15) is 5.75 Å². The molecule has 0 fully saturated rings. The second-order valence-electron chi connectivity index (χ2n) is 5.35. The van der Waals surface area contributed by atoms with Gasteiger partial charge >= 0.3 is 5.97 Å². The molecule has 0 bridgehead atoms. The zero-order chi connectivity index (χ0) is 14.2. The molecular weight excluding hydrogens is 240 g/mol. The van der Waals surface area contributed by atoms with E-state index < -0.39 is 11.4 Å². The van der Waals surface area contributed by atoms with Gasteiger partial charge in [-0.25, -0.2) is 0 Å². The van der Waals surface area contributed by atoms with Gasteiger partial charge in [0.05, 0.1) is 12.5 Å². The summed E-state index contributed by atoms with van der Waals surface area (Å²) in [6.45, 7) is 5.76. The van der Waals surface area contributed by atoms with Crippen LogP contribution in [0.3, 0.4) is 0 Å². The Hall–Kier alpha value is -1.77. The average molecular weight is 260 g/mol. The second kappa shape index (κ2) is 4.72. The molecule has 1 aliphatic rings. The van der Waals surface area contributed by atoms with Gasteiger partial charge in [0.25, 0.3) is 0 Å². The van der Waals surface area contributed by atoms with Crippen molar-refractivity contribution in [1.82, 2.24) is 0 Å². The monoisotopic (exact) mass is 260 g/mol. The number of benzene rings is 1. The number of fused-ring (bicyclic) bond motifs is 1. The van der Waals surface area contributed by atoms with Crippen molar-refractivity contribution < 1.29 is 14.6 Å². The van der Waals surface area contributed by atoms with Gasteiger partial charge < -0.3 is 9.84 Å². The molecule has 0 heterocycles. The van der Waals surface area contributed by atoms with E-state index in [2.05, 4.69) is 0 Å². The predicted molar refractivity (Wildman–Crippen MR) is 75.3 cm³/mol. The molecule has 1 unspecified atom stereocenters. The highest BCUT2D eigenvalue weighted by atomic mass is 16.5.